The van der Waals surface area contributed by atoms with Crippen LogP contribution in [0.2, 0.25) is 0 Å². The number of carbonyl (C=O) groups excluding carboxylic acids is 1. The van der Waals surface area contributed by atoms with Crippen molar-refractivity contribution in [3.63, 3.8) is 0 Å². The Kier molecular flexibility index (Phi) is 4.56. The molecule has 108 valence electrons. The van der Waals surface area contributed by atoms with Gasteiger partial charge in [0.25, 0.3) is 5.19 Å². The van der Waals surface area contributed by atoms with E-state index in [9.17, 15) is 4.79 Å². The molecule has 2 amide bonds. The fraction of sp³-hybridized carbons (Fsp3) is 0.417. The molecule has 1 unspecified atom stereocenters. The number of urea groups is 1. The van der Waals surface area contributed by atoms with Gasteiger partial charge in [0.05, 0.1) is 0 Å². The lowest BCUT2D eigenvalue weighted by atomic mass is 10.2. The third-order valence-corrected chi connectivity index (χ3v) is 4.23. The van der Waals surface area contributed by atoms with Gasteiger partial charge in [-0.2, -0.15) is 11.3 Å². The van der Waals surface area contributed by atoms with Crippen LogP contribution in [0.4, 0.5) is 9.93 Å². The molecule has 0 N–H and O–H groups in total. The van der Waals surface area contributed by atoms with E-state index >= 15 is 0 Å². The maximum Gasteiger partial charge on any atom is 0.325 e. The highest BCUT2D eigenvalue weighted by Gasteiger charge is 2.19. The molecule has 2 aromatic rings. The average molecular weight is 312 g/mol. The molecule has 2 rings (SSSR count). The first kappa shape index (κ1) is 14.7. The summed E-state index contributed by atoms with van der Waals surface area (Å²) < 4.78 is 5.73. The highest BCUT2D eigenvalue weighted by atomic mass is 32.1. The van der Waals surface area contributed by atoms with Gasteiger partial charge in [0.1, 0.15) is 6.10 Å². The lowest BCUT2D eigenvalue weighted by Gasteiger charge is -2.18. The van der Waals surface area contributed by atoms with E-state index in [1.807, 2.05) is 23.8 Å². The van der Waals surface area contributed by atoms with Crippen molar-refractivity contribution in [2.75, 3.05) is 26.0 Å². The second-order valence-corrected chi connectivity index (χ2v) is 6.10. The van der Waals surface area contributed by atoms with Crippen LogP contribution in [-0.2, 0) is 0 Å². The van der Waals surface area contributed by atoms with E-state index in [0.717, 1.165) is 5.56 Å². The summed E-state index contributed by atoms with van der Waals surface area (Å²) in [6, 6.07) is 1.86. The molecule has 2 aromatic heterocycles. The summed E-state index contributed by atoms with van der Waals surface area (Å²) >= 11 is 2.87. The smallest absolute Gasteiger partial charge is 0.325 e. The lowest BCUT2D eigenvalue weighted by Crippen LogP contribution is -2.36. The summed E-state index contributed by atoms with van der Waals surface area (Å²) in [6.45, 7) is 1.96. The van der Waals surface area contributed by atoms with Gasteiger partial charge < -0.3 is 9.64 Å². The maximum absolute atomic E-state index is 11.8. The SMILES string of the molecule is CC(Oc1nnc(N(C)C(=O)N(C)C)s1)c1ccsc1. The standard InChI is InChI=1S/C12H16N4O2S2/c1-8(9-5-6-19-7-9)18-11-14-13-10(20-11)16(4)12(17)15(2)3/h5-8H,1-4H3. The molecule has 0 radical (unpaired) electrons. The Balaban J connectivity index is 2.04. The number of rotatable bonds is 4. The largest absolute Gasteiger partial charge is 0.461 e. The molecule has 0 fully saturated rings. The first-order valence-electron chi connectivity index (χ1n) is 5.96. The van der Waals surface area contributed by atoms with Gasteiger partial charge in [-0.1, -0.05) is 5.10 Å². The zero-order valence-electron chi connectivity index (χ0n) is 11.7. The number of hydrogen-bond donors (Lipinski definition) is 0. The van der Waals surface area contributed by atoms with Crippen LogP contribution < -0.4 is 9.64 Å². The third kappa shape index (κ3) is 3.26. The van der Waals surface area contributed by atoms with Gasteiger partial charge >= 0.3 is 6.03 Å². The summed E-state index contributed by atoms with van der Waals surface area (Å²) in [5.74, 6) is 0. The zero-order valence-corrected chi connectivity index (χ0v) is 13.4. The van der Waals surface area contributed by atoms with Crippen molar-refractivity contribution >= 4 is 33.8 Å². The van der Waals surface area contributed by atoms with Crippen molar-refractivity contribution in [3.8, 4) is 5.19 Å². The molecule has 0 aliphatic heterocycles. The molecular formula is C12H16N4O2S2. The highest BCUT2D eigenvalue weighted by Crippen LogP contribution is 2.29. The Bertz CT molecular complexity index is 568. The van der Waals surface area contributed by atoms with Crippen LogP contribution in [0, 0.1) is 0 Å². The second kappa shape index (κ2) is 6.19. The number of amides is 2. The maximum atomic E-state index is 11.8. The molecule has 8 heteroatoms. The molecule has 20 heavy (non-hydrogen) atoms. The molecule has 0 aromatic carbocycles. The molecule has 0 saturated carbocycles. The van der Waals surface area contributed by atoms with Crippen molar-refractivity contribution in [3.05, 3.63) is 22.4 Å². The van der Waals surface area contributed by atoms with Crippen LogP contribution in [0.25, 0.3) is 0 Å². The molecule has 0 aliphatic carbocycles. The van der Waals surface area contributed by atoms with E-state index in [0.29, 0.717) is 10.3 Å². The average Bonchev–Trinajstić information content (AvgIpc) is 3.07. The van der Waals surface area contributed by atoms with E-state index in [2.05, 4.69) is 10.2 Å². The van der Waals surface area contributed by atoms with Crippen molar-refractivity contribution in [1.29, 1.82) is 0 Å². The molecule has 0 aliphatic rings. The van der Waals surface area contributed by atoms with Gasteiger partial charge in [0, 0.05) is 26.7 Å². The van der Waals surface area contributed by atoms with E-state index in [1.165, 1.54) is 21.1 Å². The number of ether oxygens (including phenoxy) is 1. The quantitative estimate of drug-likeness (QED) is 0.871. The fourth-order valence-corrected chi connectivity index (χ4v) is 2.96. The Hall–Kier alpha value is -1.67. The van der Waals surface area contributed by atoms with Crippen LogP contribution in [0.5, 0.6) is 5.19 Å². The topological polar surface area (TPSA) is 58.6 Å². The number of anilines is 1. The van der Waals surface area contributed by atoms with E-state index in [1.54, 1.807) is 32.5 Å². The first-order valence-corrected chi connectivity index (χ1v) is 7.72. The molecular weight excluding hydrogens is 296 g/mol. The fourth-order valence-electron chi connectivity index (χ4n) is 1.49. The minimum absolute atomic E-state index is 0.0862. The van der Waals surface area contributed by atoms with Crippen LogP contribution in [0.1, 0.15) is 18.6 Å². The molecule has 1 atom stereocenters. The normalized spacial score (nSPS) is 12.0. The summed E-state index contributed by atoms with van der Waals surface area (Å²) in [5, 5.41) is 13.0. The number of thiophene rings is 1. The summed E-state index contributed by atoms with van der Waals surface area (Å²) in [5.41, 5.74) is 1.10. The van der Waals surface area contributed by atoms with Gasteiger partial charge in [-0.3, -0.25) is 4.90 Å². The molecule has 0 saturated heterocycles. The van der Waals surface area contributed by atoms with Crippen LogP contribution in [0.15, 0.2) is 16.8 Å². The summed E-state index contributed by atoms with van der Waals surface area (Å²) in [4.78, 5) is 14.7. The monoisotopic (exact) mass is 312 g/mol. The Labute approximate surface area is 125 Å². The van der Waals surface area contributed by atoms with Gasteiger partial charge in [-0.05, 0) is 35.1 Å². The third-order valence-electron chi connectivity index (χ3n) is 2.64. The Morgan fingerprint density at radius 1 is 1.35 bits per heavy atom. The van der Waals surface area contributed by atoms with E-state index < -0.39 is 0 Å². The molecule has 6 nitrogen and oxygen atoms in total. The number of aromatic nitrogens is 2. The summed E-state index contributed by atoms with van der Waals surface area (Å²) in [7, 11) is 5.04. The molecule has 0 spiro atoms. The van der Waals surface area contributed by atoms with Gasteiger partial charge in [0.15, 0.2) is 0 Å². The number of hydrogen-bond acceptors (Lipinski definition) is 6. The van der Waals surface area contributed by atoms with Gasteiger partial charge in [0.2, 0.25) is 5.13 Å². The Morgan fingerprint density at radius 3 is 2.70 bits per heavy atom. The first-order chi connectivity index (χ1) is 9.49. The number of nitrogens with zero attached hydrogens (tertiary/aromatic N) is 4. The van der Waals surface area contributed by atoms with E-state index in [-0.39, 0.29) is 12.1 Å². The van der Waals surface area contributed by atoms with Gasteiger partial charge in [-0.15, -0.1) is 5.10 Å². The predicted molar refractivity (Wildman–Crippen MR) is 80.8 cm³/mol. The van der Waals surface area contributed by atoms with Crippen LogP contribution in [-0.4, -0.2) is 42.3 Å². The van der Waals surface area contributed by atoms with E-state index in [4.69, 9.17) is 4.74 Å². The van der Waals surface area contributed by atoms with Crippen LogP contribution >= 0.6 is 22.7 Å². The second-order valence-electron chi connectivity index (χ2n) is 4.40. The highest BCUT2D eigenvalue weighted by molar-refractivity contribution is 7.17. The molecule has 0 bridgehead atoms. The predicted octanol–water partition coefficient (Wildman–Crippen LogP) is 2.86. The number of carbonyl (C=O) groups is 1. The minimum Gasteiger partial charge on any atom is -0.461 e. The van der Waals surface area contributed by atoms with Crippen LogP contribution in [0.3, 0.4) is 0 Å². The van der Waals surface area contributed by atoms with Crippen molar-refractivity contribution in [2.24, 2.45) is 0 Å². The van der Waals surface area contributed by atoms with Gasteiger partial charge in [-0.25, -0.2) is 4.79 Å². The van der Waals surface area contributed by atoms with Crippen molar-refractivity contribution < 1.29 is 9.53 Å². The zero-order chi connectivity index (χ0) is 14.7. The summed E-state index contributed by atoms with van der Waals surface area (Å²) in [6.07, 6.45) is -0.0862. The van der Waals surface area contributed by atoms with Crippen molar-refractivity contribution in [1.82, 2.24) is 15.1 Å². The lowest BCUT2D eigenvalue weighted by molar-refractivity contribution is 0.224. The van der Waals surface area contributed by atoms with Crippen molar-refractivity contribution in [2.45, 2.75) is 13.0 Å². The minimum atomic E-state index is -0.154. The Morgan fingerprint density at radius 2 is 2.10 bits per heavy atom. The molecule has 2 heterocycles.